The zero-order valence-corrected chi connectivity index (χ0v) is 15.9. The number of anilines is 1. The second-order valence-electron chi connectivity index (χ2n) is 7.28. The minimum atomic E-state index is -0.484. The van der Waals surface area contributed by atoms with E-state index >= 15 is 0 Å². The molecule has 2 atom stereocenters. The van der Waals surface area contributed by atoms with E-state index < -0.39 is 5.91 Å². The number of aryl methyl sites for hydroxylation is 2. The molecule has 3 rings (SSSR count). The summed E-state index contributed by atoms with van der Waals surface area (Å²) >= 11 is 0. The molecule has 142 valence electrons. The lowest BCUT2D eigenvalue weighted by Crippen LogP contribution is -2.39. The van der Waals surface area contributed by atoms with Gasteiger partial charge in [-0.3, -0.25) is 14.9 Å². The van der Waals surface area contributed by atoms with Gasteiger partial charge in [-0.15, -0.1) is 0 Å². The lowest BCUT2D eigenvalue weighted by atomic mass is 9.89. The van der Waals surface area contributed by atoms with E-state index in [4.69, 9.17) is 5.73 Å². The van der Waals surface area contributed by atoms with Gasteiger partial charge in [-0.1, -0.05) is 18.2 Å². The molecule has 2 amide bonds. The summed E-state index contributed by atoms with van der Waals surface area (Å²) in [6.45, 7) is 3.93. The number of carbonyl (C=O) groups excluding carboxylic acids is 2. The van der Waals surface area contributed by atoms with Crippen LogP contribution < -0.4 is 16.4 Å². The molecule has 1 aliphatic carbocycles. The average Bonchev–Trinajstić information content (AvgIpc) is 2.67. The first kappa shape index (κ1) is 19.1. The number of benzene rings is 2. The Bertz CT molecular complexity index is 830. The first-order chi connectivity index (χ1) is 12.9. The van der Waals surface area contributed by atoms with Crippen LogP contribution in [0.25, 0.3) is 0 Å². The molecule has 0 aliphatic heterocycles. The van der Waals surface area contributed by atoms with Crippen LogP contribution in [0, 0.1) is 0 Å². The number of amides is 2. The van der Waals surface area contributed by atoms with Gasteiger partial charge in [0.25, 0.3) is 0 Å². The van der Waals surface area contributed by atoms with Gasteiger partial charge in [-0.25, -0.2) is 0 Å². The van der Waals surface area contributed by atoms with Crippen LogP contribution in [0.1, 0.15) is 59.8 Å². The first-order valence-corrected chi connectivity index (χ1v) is 9.52. The van der Waals surface area contributed by atoms with Crippen LogP contribution in [0.3, 0.4) is 0 Å². The number of nitrogens with two attached hydrogens (primary N) is 1. The van der Waals surface area contributed by atoms with Crippen LogP contribution in [0.4, 0.5) is 5.69 Å². The highest BCUT2D eigenvalue weighted by Gasteiger charge is 2.18. The summed E-state index contributed by atoms with van der Waals surface area (Å²) in [7, 11) is 0. The summed E-state index contributed by atoms with van der Waals surface area (Å²) in [5, 5.41) is 6.23. The Kier molecular flexibility index (Phi) is 5.91. The summed E-state index contributed by atoms with van der Waals surface area (Å²) in [5.41, 5.74) is 10.4. The minimum Gasteiger partial charge on any atom is -0.366 e. The normalized spacial score (nSPS) is 15.5. The Balaban J connectivity index is 1.59. The third kappa shape index (κ3) is 4.74. The predicted octanol–water partition coefficient (Wildman–Crippen LogP) is 3.34. The molecule has 0 saturated carbocycles. The molecule has 0 heterocycles. The molecular weight excluding hydrogens is 338 g/mol. The number of fused-ring (bicyclic) bond motifs is 1. The quantitative estimate of drug-likeness (QED) is 0.734. The standard InChI is InChI=1S/C22H27N3O2/c1-14(18-8-7-16-5-3-4-6-19(16)13-18)24-15(2)22(27)25-20-11-9-17(10-12-20)21(23)26/h7-15,24H,3-6H2,1-2H3,(H2,23,26)(H,25,27)/t14-,15-/m0/s1. The van der Waals surface area contributed by atoms with Crippen LogP contribution in [-0.4, -0.2) is 17.9 Å². The average molecular weight is 365 g/mol. The van der Waals surface area contributed by atoms with Crippen LogP contribution in [0.2, 0.25) is 0 Å². The Morgan fingerprint density at radius 3 is 2.30 bits per heavy atom. The van der Waals surface area contributed by atoms with E-state index in [0.29, 0.717) is 11.3 Å². The van der Waals surface area contributed by atoms with E-state index in [-0.39, 0.29) is 18.0 Å². The van der Waals surface area contributed by atoms with E-state index in [1.54, 1.807) is 24.3 Å². The van der Waals surface area contributed by atoms with E-state index in [1.807, 2.05) is 6.92 Å². The number of nitrogens with one attached hydrogen (secondary N) is 2. The molecule has 0 fully saturated rings. The van der Waals surface area contributed by atoms with Crippen molar-refractivity contribution in [3.63, 3.8) is 0 Å². The molecule has 4 N–H and O–H groups in total. The van der Waals surface area contributed by atoms with Gasteiger partial charge in [-0.05, 0) is 80.5 Å². The summed E-state index contributed by atoms with van der Waals surface area (Å²) in [4.78, 5) is 23.6. The largest absolute Gasteiger partial charge is 0.366 e. The molecule has 1 aliphatic rings. The van der Waals surface area contributed by atoms with E-state index in [1.165, 1.54) is 36.0 Å². The van der Waals surface area contributed by atoms with Crippen LogP contribution in [-0.2, 0) is 17.6 Å². The van der Waals surface area contributed by atoms with Gasteiger partial charge in [0.1, 0.15) is 0 Å². The lowest BCUT2D eigenvalue weighted by molar-refractivity contribution is -0.117. The smallest absolute Gasteiger partial charge is 0.248 e. The van der Waals surface area contributed by atoms with Crippen molar-refractivity contribution in [2.24, 2.45) is 5.73 Å². The fraction of sp³-hybridized carbons (Fsp3) is 0.364. The molecule has 2 aromatic rings. The Morgan fingerprint density at radius 2 is 1.63 bits per heavy atom. The van der Waals surface area contributed by atoms with Gasteiger partial charge in [0, 0.05) is 17.3 Å². The van der Waals surface area contributed by atoms with Crippen molar-refractivity contribution >= 4 is 17.5 Å². The first-order valence-electron chi connectivity index (χ1n) is 9.52. The highest BCUT2D eigenvalue weighted by atomic mass is 16.2. The highest BCUT2D eigenvalue weighted by molar-refractivity contribution is 5.96. The van der Waals surface area contributed by atoms with Gasteiger partial charge in [-0.2, -0.15) is 0 Å². The monoisotopic (exact) mass is 365 g/mol. The van der Waals surface area contributed by atoms with Crippen molar-refractivity contribution in [3.8, 4) is 0 Å². The SMILES string of the molecule is C[C@H](N[C@@H](C)c1ccc2c(c1)CCCC2)C(=O)Nc1ccc(C(N)=O)cc1. The second-order valence-corrected chi connectivity index (χ2v) is 7.28. The molecule has 0 saturated heterocycles. The molecule has 27 heavy (non-hydrogen) atoms. The molecule has 0 radical (unpaired) electrons. The number of carbonyl (C=O) groups is 2. The Hall–Kier alpha value is -2.66. The Labute approximate surface area is 160 Å². The summed E-state index contributed by atoms with van der Waals surface area (Å²) in [5.74, 6) is -0.603. The van der Waals surface area contributed by atoms with E-state index in [0.717, 1.165) is 6.42 Å². The number of rotatable bonds is 6. The van der Waals surface area contributed by atoms with E-state index in [2.05, 4.69) is 35.8 Å². The number of hydrogen-bond acceptors (Lipinski definition) is 3. The predicted molar refractivity (Wildman–Crippen MR) is 108 cm³/mol. The van der Waals surface area contributed by atoms with Crippen molar-refractivity contribution < 1.29 is 9.59 Å². The third-order valence-corrected chi connectivity index (χ3v) is 5.20. The fourth-order valence-electron chi connectivity index (χ4n) is 3.54. The number of primary amides is 1. The molecule has 0 unspecified atom stereocenters. The summed E-state index contributed by atoms with van der Waals surface area (Å²) in [6.07, 6.45) is 4.85. The maximum absolute atomic E-state index is 12.5. The van der Waals surface area contributed by atoms with Crippen molar-refractivity contribution in [3.05, 3.63) is 64.7 Å². The zero-order chi connectivity index (χ0) is 19.4. The Morgan fingerprint density at radius 1 is 0.963 bits per heavy atom. The van der Waals surface area contributed by atoms with Gasteiger partial charge in [0.2, 0.25) is 11.8 Å². The number of hydrogen-bond donors (Lipinski definition) is 3. The fourth-order valence-corrected chi connectivity index (χ4v) is 3.54. The third-order valence-electron chi connectivity index (χ3n) is 5.20. The van der Waals surface area contributed by atoms with Crippen LogP contribution >= 0.6 is 0 Å². The van der Waals surface area contributed by atoms with Gasteiger partial charge in [0.15, 0.2) is 0 Å². The van der Waals surface area contributed by atoms with Crippen LogP contribution in [0.5, 0.6) is 0 Å². The van der Waals surface area contributed by atoms with Crippen molar-refractivity contribution in [1.82, 2.24) is 5.32 Å². The zero-order valence-electron chi connectivity index (χ0n) is 15.9. The topological polar surface area (TPSA) is 84.2 Å². The molecular formula is C22H27N3O2. The van der Waals surface area contributed by atoms with Crippen molar-refractivity contribution in [2.75, 3.05) is 5.32 Å². The summed E-state index contributed by atoms with van der Waals surface area (Å²) in [6, 6.07) is 13.0. The molecule has 0 aromatic heterocycles. The van der Waals surface area contributed by atoms with Gasteiger partial charge in [0.05, 0.1) is 6.04 Å². The molecule has 5 heteroatoms. The van der Waals surface area contributed by atoms with E-state index in [9.17, 15) is 9.59 Å². The molecule has 5 nitrogen and oxygen atoms in total. The second kappa shape index (κ2) is 8.35. The van der Waals surface area contributed by atoms with Gasteiger partial charge < -0.3 is 11.1 Å². The van der Waals surface area contributed by atoms with Crippen molar-refractivity contribution in [1.29, 1.82) is 0 Å². The lowest BCUT2D eigenvalue weighted by Gasteiger charge is -2.22. The maximum Gasteiger partial charge on any atom is 0.248 e. The maximum atomic E-state index is 12.5. The molecule has 0 spiro atoms. The van der Waals surface area contributed by atoms with Crippen LogP contribution in [0.15, 0.2) is 42.5 Å². The summed E-state index contributed by atoms with van der Waals surface area (Å²) < 4.78 is 0. The highest BCUT2D eigenvalue weighted by Crippen LogP contribution is 2.25. The molecule has 0 bridgehead atoms. The molecule has 2 aromatic carbocycles. The van der Waals surface area contributed by atoms with Crippen molar-refractivity contribution in [2.45, 2.75) is 51.6 Å². The minimum absolute atomic E-state index is 0.0789. The van der Waals surface area contributed by atoms with Gasteiger partial charge >= 0.3 is 0 Å².